The van der Waals surface area contributed by atoms with Gasteiger partial charge in [-0.05, 0) is 69.6 Å². The van der Waals surface area contributed by atoms with Crippen molar-refractivity contribution in [2.24, 2.45) is 17.8 Å². The van der Waals surface area contributed by atoms with Gasteiger partial charge in [-0.1, -0.05) is 0 Å². The van der Waals surface area contributed by atoms with Gasteiger partial charge in [-0.2, -0.15) is 0 Å². The third kappa shape index (κ3) is 4.25. The maximum Gasteiger partial charge on any atom is 0.315 e. The normalized spacial score (nSPS) is 41.3. The van der Waals surface area contributed by atoms with Gasteiger partial charge in [-0.15, -0.1) is 0 Å². The Morgan fingerprint density at radius 1 is 1.00 bits per heavy atom. The van der Waals surface area contributed by atoms with Crippen molar-refractivity contribution in [2.45, 2.75) is 69.4 Å². The summed E-state index contributed by atoms with van der Waals surface area (Å²) in [6.45, 7) is 2.02. The Labute approximate surface area is 161 Å². The van der Waals surface area contributed by atoms with Crippen molar-refractivity contribution in [2.75, 3.05) is 18.1 Å². The number of carbonyl (C=O) groups is 2. The molecule has 0 aromatic heterocycles. The zero-order chi connectivity index (χ0) is 19.3. The Kier molecular flexibility index (Phi) is 4.68. The summed E-state index contributed by atoms with van der Waals surface area (Å²) in [4.78, 5) is 24.5. The Balaban J connectivity index is 1.21. The van der Waals surface area contributed by atoms with Crippen LogP contribution in [0.25, 0.3) is 0 Å². The highest BCUT2D eigenvalue weighted by Crippen LogP contribution is 2.55. The molecule has 0 radical (unpaired) electrons. The number of hydrogen-bond donors (Lipinski definition) is 3. The van der Waals surface area contributed by atoms with Crippen molar-refractivity contribution >= 4 is 21.8 Å². The van der Waals surface area contributed by atoms with E-state index in [1.165, 1.54) is 19.3 Å². The third-order valence-corrected chi connectivity index (χ3v) is 8.90. The molecule has 7 nitrogen and oxygen atoms in total. The largest absolute Gasteiger partial charge is 0.350 e. The van der Waals surface area contributed by atoms with E-state index in [9.17, 15) is 18.0 Å². The van der Waals surface area contributed by atoms with Crippen LogP contribution < -0.4 is 16.0 Å². The average molecular weight is 398 g/mol. The molecule has 0 aromatic carbocycles. The predicted molar refractivity (Wildman–Crippen MR) is 102 cm³/mol. The van der Waals surface area contributed by atoms with Crippen LogP contribution in [-0.2, 0) is 14.6 Å². The van der Waals surface area contributed by atoms with Gasteiger partial charge < -0.3 is 16.0 Å². The van der Waals surface area contributed by atoms with Crippen molar-refractivity contribution in [1.82, 2.24) is 16.0 Å². The number of sulfone groups is 1. The number of amides is 3. The van der Waals surface area contributed by atoms with E-state index in [0.29, 0.717) is 6.42 Å². The molecular formula is C19H31N3O4S. The first-order valence-corrected chi connectivity index (χ1v) is 12.0. The highest BCUT2D eigenvalue weighted by molar-refractivity contribution is 7.91. The fourth-order valence-corrected chi connectivity index (χ4v) is 8.44. The van der Waals surface area contributed by atoms with E-state index in [0.717, 1.165) is 37.0 Å². The lowest BCUT2D eigenvalue weighted by molar-refractivity contribution is -0.122. The van der Waals surface area contributed by atoms with Crippen LogP contribution in [0.5, 0.6) is 0 Å². The van der Waals surface area contributed by atoms with Gasteiger partial charge in [0.1, 0.15) is 0 Å². The fraction of sp³-hybridized carbons (Fsp3) is 0.895. The molecule has 3 amide bonds. The van der Waals surface area contributed by atoms with Crippen LogP contribution in [0.3, 0.4) is 0 Å². The molecule has 4 aliphatic carbocycles. The molecule has 8 heteroatoms. The van der Waals surface area contributed by atoms with Crippen molar-refractivity contribution in [3.8, 4) is 0 Å². The summed E-state index contributed by atoms with van der Waals surface area (Å²) in [5.41, 5.74) is -0.718. The van der Waals surface area contributed by atoms with E-state index in [2.05, 4.69) is 16.0 Å². The molecule has 5 aliphatic rings. The van der Waals surface area contributed by atoms with Crippen LogP contribution in [0.15, 0.2) is 0 Å². The van der Waals surface area contributed by atoms with Gasteiger partial charge >= 0.3 is 6.03 Å². The molecule has 27 heavy (non-hydrogen) atoms. The Hall–Kier alpha value is -1.31. The average Bonchev–Trinajstić information content (AvgIpc) is 2.78. The minimum Gasteiger partial charge on any atom is -0.350 e. The second kappa shape index (κ2) is 6.64. The van der Waals surface area contributed by atoms with Gasteiger partial charge in [0.15, 0.2) is 9.84 Å². The quantitative estimate of drug-likeness (QED) is 0.651. The van der Waals surface area contributed by atoms with Gasteiger partial charge in [0.05, 0.1) is 17.0 Å². The number of nitrogens with one attached hydrogen (secondary N) is 3. The third-order valence-electron chi connectivity index (χ3n) is 7.00. The first-order valence-electron chi connectivity index (χ1n) is 10.2. The van der Waals surface area contributed by atoms with E-state index in [1.807, 2.05) is 0 Å². The molecule has 0 spiro atoms. The van der Waals surface area contributed by atoms with Crippen LogP contribution in [0.1, 0.15) is 58.3 Å². The maximum absolute atomic E-state index is 12.4. The summed E-state index contributed by atoms with van der Waals surface area (Å²) < 4.78 is 23.2. The maximum atomic E-state index is 12.4. The highest BCUT2D eigenvalue weighted by Gasteiger charge is 2.51. The smallest absolute Gasteiger partial charge is 0.315 e. The fourth-order valence-electron chi connectivity index (χ4n) is 6.35. The SMILES string of the molecule is CC1(NC(=O)CCNC(=O)NC23CC4CC(CC(C4)C2)C3)CCS(=O)(=O)C1. The molecule has 152 valence electrons. The van der Waals surface area contributed by atoms with Crippen molar-refractivity contribution in [3.63, 3.8) is 0 Å². The molecule has 0 aromatic rings. The molecule has 1 heterocycles. The highest BCUT2D eigenvalue weighted by atomic mass is 32.2. The summed E-state index contributed by atoms with van der Waals surface area (Å²) in [5.74, 6) is 2.20. The van der Waals surface area contributed by atoms with Gasteiger partial charge in [-0.3, -0.25) is 4.79 Å². The zero-order valence-corrected chi connectivity index (χ0v) is 16.9. The summed E-state index contributed by atoms with van der Waals surface area (Å²) in [7, 11) is -3.05. The number of hydrogen-bond acceptors (Lipinski definition) is 4. The van der Waals surface area contributed by atoms with Gasteiger partial charge in [0, 0.05) is 18.5 Å². The summed E-state index contributed by atoms with van der Waals surface area (Å²) >= 11 is 0. The van der Waals surface area contributed by atoms with E-state index in [4.69, 9.17) is 0 Å². The van der Waals surface area contributed by atoms with Crippen LogP contribution >= 0.6 is 0 Å². The molecule has 1 aliphatic heterocycles. The molecule has 1 atom stereocenters. The lowest BCUT2D eigenvalue weighted by Gasteiger charge is -2.56. The molecule has 3 N–H and O–H groups in total. The summed E-state index contributed by atoms with van der Waals surface area (Å²) in [5, 5.41) is 8.86. The van der Waals surface area contributed by atoms with Crippen molar-refractivity contribution in [1.29, 1.82) is 0 Å². The molecular weight excluding hydrogens is 366 g/mol. The van der Waals surface area contributed by atoms with Crippen LogP contribution in [-0.4, -0.2) is 49.5 Å². The second-order valence-corrected chi connectivity index (χ2v) is 12.0. The van der Waals surface area contributed by atoms with Gasteiger partial charge in [0.25, 0.3) is 0 Å². The zero-order valence-electron chi connectivity index (χ0n) is 16.1. The molecule has 5 rings (SSSR count). The Morgan fingerprint density at radius 3 is 2.11 bits per heavy atom. The first-order chi connectivity index (χ1) is 12.6. The molecule has 5 fully saturated rings. The van der Waals surface area contributed by atoms with E-state index >= 15 is 0 Å². The summed E-state index contributed by atoms with van der Waals surface area (Å²) in [6.07, 6.45) is 7.88. The minimum absolute atomic E-state index is 0.00826. The topological polar surface area (TPSA) is 104 Å². The Morgan fingerprint density at radius 2 is 1.59 bits per heavy atom. The van der Waals surface area contributed by atoms with E-state index < -0.39 is 15.4 Å². The number of urea groups is 1. The lowest BCUT2D eigenvalue weighted by Crippen LogP contribution is -2.61. The van der Waals surface area contributed by atoms with Gasteiger partial charge in [0.2, 0.25) is 5.91 Å². The molecule has 1 saturated heterocycles. The predicted octanol–water partition coefficient (Wildman–Crippen LogP) is 1.34. The number of rotatable bonds is 5. The first kappa shape index (κ1) is 19.0. The van der Waals surface area contributed by atoms with Crippen LogP contribution in [0.4, 0.5) is 4.79 Å². The van der Waals surface area contributed by atoms with Crippen molar-refractivity contribution in [3.05, 3.63) is 0 Å². The standard InChI is InChI=1S/C19H31N3O4S/c1-18(3-5-27(25,26)12-18)21-16(23)2-4-20-17(24)22-19-9-13-6-14(10-19)8-15(7-13)11-19/h13-15H,2-12H2,1H3,(H,21,23)(H2,20,22,24). The molecule has 1 unspecified atom stereocenters. The van der Waals surface area contributed by atoms with Gasteiger partial charge in [-0.25, -0.2) is 13.2 Å². The number of carbonyl (C=O) groups excluding carboxylic acids is 2. The minimum atomic E-state index is -3.05. The van der Waals surface area contributed by atoms with Crippen molar-refractivity contribution < 1.29 is 18.0 Å². The van der Waals surface area contributed by atoms with Crippen LogP contribution in [0, 0.1) is 17.8 Å². The molecule has 4 bridgehead atoms. The Bertz CT molecular complexity index is 700. The lowest BCUT2D eigenvalue weighted by atomic mass is 9.53. The van der Waals surface area contributed by atoms with Crippen LogP contribution in [0.2, 0.25) is 0 Å². The summed E-state index contributed by atoms with van der Waals surface area (Å²) in [6, 6.07) is -0.181. The monoisotopic (exact) mass is 397 g/mol. The second-order valence-electron chi connectivity index (χ2n) is 9.78. The van der Waals surface area contributed by atoms with E-state index in [-0.39, 0.29) is 41.9 Å². The molecule has 4 saturated carbocycles. The van der Waals surface area contributed by atoms with E-state index in [1.54, 1.807) is 6.92 Å².